The van der Waals surface area contributed by atoms with Gasteiger partial charge in [0.05, 0.1) is 24.8 Å². The Morgan fingerprint density at radius 1 is 1.07 bits per heavy atom. The predicted molar refractivity (Wildman–Crippen MR) is 101 cm³/mol. The Morgan fingerprint density at radius 3 is 2.41 bits per heavy atom. The molecule has 0 aliphatic rings. The lowest BCUT2D eigenvalue weighted by Gasteiger charge is -2.13. The Kier molecular flexibility index (Phi) is 6.39. The Morgan fingerprint density at radius 2 is 1.78 bits per heavy atom. The van der Waals surface area contributed by atoms with Crippen molar-refractivity contribution in [2.75, 3.05) is 19.0 Å². The monoisotopic (exact) mass is 372 g/mol. The molecule has 27 heavy (non-hydrogen) atoms. The van der Waals surface area contributed by atoms with E-state index in [1.54, 1.807) is 42.7 Å². The molecule has 0 aliphatic carbocycles. The summed E-state index contributed by atoms with van der Waals surface area (Å²) in [4.78, 5) is 36.2. The second kappa shape index (κ2) is 8.53. The van der Waals surface area contributed by atoms with Crippen LogP contribution in [0.25, 0.3) is 0 Å². The summed E-state index contributed by atoms with van der Waals surface area (Å²) in [5.41, 5.74) is 3.62. The van der Waals surface area contributed by atoms with Crippen molar-refractivity contribution in [3.05, 3.63) is 52.3 Å². The van der Waals surface area contributed by atoms with Gasteiger partial charge in [0, 0.05) is 17.1 Å². The third-order valence-electron chi connectivity index (χ3n) is 4.30. The van der Waals surface area contributed by atoms with E-state index in [-0.39, 0.29) is 12.5 Å². The molecule has 2 aromatic rings. The molecule has 144 valence electrons. The van der Waals surface area contributed by atoms with E-state index in [1.165, 1.54) is 7.11 Å². The summed E-state index contributed by atoms with van der Waals surface area (Å²) in [6, 6.07) is 6.68. The highest BCUT2D eigenvalue weighted by atomic mass is 16.5. The molecule has 0 fully saturated rings. The van der Waals surface area contributed by atoms with Crippen LogP contribution in [0.2, 0.25) is 0 Å². The van der Waals surface area contributed by atoms with E-state index in [1.807, 2.05) is 13.8 Å². The Bertz CT molecular complexity index is 883. The number of hydrogen-bond donors (Lipinski definition) is 1. The normalized spacial score (nSPS) is 10.4. The molecular formula is C20H24N2O5. The van der Waals surface area contributed by atoms with Crippen molar-refractivity contribution in [2.45, 2.75) is 34.2 Å². The van der Waals surface area contributed by atoms with Crippen LogP contribution >= 0.6 is 0 Å². The molecule has 0 atom stereocenters. The molecule has 1 aromatic heterocycles. The van der Waals surface area contributed by atoms with Crippen molar-refractivity contribution < 1.29 is 23.9 Å². The summed E-state index contributed by atoms with van der Waals surface area (Å²) in [6.07, 6.45) is 0. The largest absolute Gasteiger partial charge is 0.465 e. The number of ether oxygens (including phenoxy) is 2. The lowest BCUT2D eigenvalue weighted by atomic mass is 10.1. The summed E-state index contributed by atoms with van der Waals surface area (Å²) < 4.78 is 11.5. The summed E-state index contributed by atoms with van der Waals surface area (Å²) in [5, 5.41) is 2.81. The van der Waals surface area contributed by atoms with Crippen LogP contribution in [0.15, 0.2) is 24.3 Å². The van der Waals surface area contributed by atoms with Crippen molar-refractivity contribution in [3.8, 4) is 0 Å². The number of aryl methyl sites for hydroxylation is 2. The van der Waals surface area contributed by atoms with Crippen LogP contribution in [0.5, 0.6) is 0 Å². The van der Waals surface area contributed by atoms with Crippen LogP contribution in [-0.2, 0) is 20.8 Å². The zero-order valence-corrected chi connectivity index (χ0v) is 16.2. The van der Waals surface area contributed by atoms with Crippen LogP contribution in [0.3, 0.4) is 0 Å². The molecule has 0 aliphatic heterocycles. The van der Waals surface area contributed by atoms with Crippen molar-refractivity contribution in [1.82, 2.24) is 4.57 Å². The number of nitrogens with one attached hydrogen (secondary N) is 1. The number of nitrogens with zero attached hydrogens (tertiary/aromatic N) is 1. The summed E-state index contributed by atoms with van der Waals surface area (Å²) in [5.74, 6) is -1.14. The minimum Gasteiger partial charge on any atom is -0.465 e. The predicted octanol–water partition coefficient (Wildman–Crippen LogP) is 3.02. The van der Waals surface area contributed by atoms with E-state index >= 15 is 0 Å². The average Bonchev–Trinajstić information content (AvgIpc) is 2.91. The first-order valence-corrected chi connectivity index (χ1v) is 8.61. The molecule has 7 nitrogen and oxygen atoms in total. The second-order valence-electron chi connectivity index (χ2n) is 6.16. The molecule has 0 saturated heterocycles. The van der Waals surface area contributed by atoms with E-state index in [2.05, 4.69) is 5.32 Å². The number of rotatable bonds is 6. The van der Waals surface area contributed by atoms with Gasteiger partial charge in [-0.05, 0) is 51.5 Å². The fourth-order valence-electron chi connectivity index (χ4n) is 2.79. The number of amides is 1. The molecular weight excluding hydrogens is 348 g/mol. The first-order chi connectivity index (χ1) is 12.8. The van der Waals surface area contributed by atoms with E-state index in [0.29, 0.717) is 29.1 Å². The van der Waals surface area contributed by atoms with Gasteiger partial charge in [0.15, 0.2) is 0 Å². The third-order valence-corrected chi connectivity index (χ3v) is 4.30. The molecule has 0 spiro atoms. The van der Waals surface area contributed by atoms with Crippen LogP contribution in [0.1, 0.15) is 44.6 Å². The number of carbonyl (C=O) groups is 3. The highest BCUT2D eigenvalue weighted by molar-refractivity contribution is 5.96. The third kappa shape index (κ3) is 4.55. The van der Waals surface area contributed by atoms with Crippen molar-refractivity contribution >= 4 is 23.5 Å². The van der Waals surface area contributed by atoms with Gasteiger partial charge in [0.1, 0.15) is 6.54 Å². The van der Waals surface area contributed by atoms with Crippen LogP contribution in [0, 0.1) is 20.8 Å². The summed E-state index contributed by atoms with van der Waals surface area (Å²) in [6.45, 7) is 7.51. The van der Waals surface area contributed by atoms with E-state index in [9.17, 15) is 14.4 Å². The van der Waals surface area contributed by atoms with Crippen LogP contribution in [-0.4, -0.2) is 36.1 Å². The van der Waals surface area contributed by atoms with Gasteiger partial charge in [-0.2, -0.15) is 0 Å². The SMILES string of the molecule is CCOC(=O)c1cc(C)n(CC(=O)Nc2cc(C(=O)OC)ccc2C)c1C. The number of hydrogen-bond acceptors (Lipinski definition) is 5. The maximum Gasteiger partial charge on any atom is 0.339 e. The number of carbonyl (C=O) groups excluding carboxylic acids is 3. The molecule has 0 bridgehead atoms. The van der Waals surface area contributed by atoms with Gasteiger partial charge in [0.25, 0.3) is 0 Å². The Hall–Kier alpha value is -3.09. The summed E-state index contributed by atoms with van der Waals surface area (Å²) >= 11 is 0. The van der Waals surface area contributed by atoms with Crippen LogP contribution in [0.4, 0.5) is 5.69 Å². The first kappa shape index (κ1) is 20.2. The standard InChI is InChI=1S/C20H24N2O5/c1-6-27-20(25)16-9-13(3)22(14(16)4)11-18(23)21-17-10-15(19(24)26-5)8-7-12(17)2/h7-10H,6,11H2,1-5H3,(H,21,23). The minimum atomic E-state index is -0.471. The zero-order valence-electron chi connectivity index (χ0n) is 16.2. The minimum absolute atomic E-state index is 0.0406. The molecule has 0 radical (unpaired) electrons. The molecule has 2 rings (SSSR count). The quantitative estimate of drug-likeness (QED) is 0.788. The van der Waals surface area contributed by atoms with E-state index in [4.69, 9.17) is 9.47 Å². The molecule has 0 saturated carbocycles. The van der Waals surface area contributed by atoms with Crippen molar-refractivity contribution in [2.24, 2.45) is 0 Å². The molecule has 0 unspecified atom stereocenters. The molecule has 1 N–H and O–H groups in total. The van der Waals surface area contributed by atoms with Gasteiger partial charge in [0.2, 0.25) is 5.91 Å². The first-order valence-electron chi connectivity index (χ1n) is 8.61. The average molecular weight is 372 g/mol. The fourth-order valence-corrected chi connectivity index (χ4v) is 2.79. The van der Waals surface area contributed by atoms with E-state index < -0.39 is 11.9 Å². The topological polar surface area (TPSA) is 86.6 Å². The number of methoxy groups -OCH3 is 1. The Labute approximate surface area is 158 Å². The van der Waals surface area contributed by atoms with Gasteiger partial charge in [-0.1, -0.05) is 6.07 Å². The van der Waals surface area contributed by atoms with Crippen molar-refractivity contribution in [1.29, 1.82) is 0 Å². The molecule has 1 heterocycles. The van der Waals surface area contributed by atoms with Gasteiger partial charge in [-0.25, -0.2) is 9.59 Å². The highest BCUT2D eigenvalue weighted by Gasteiger charge is 2.18. The van der Waals surface area contributed by atoms with Gasteiger partial charge in [-0.15, -0.1) is 0 Å². The number of esters is 2. The van der Waals surface area contributed by atoms with Crippen LogP contribution < -0.4 is 5.32 Å². The van der Waals surface area contributed by atoms with Crippen molar-refractivity contribution in [3.63, 3.8) is 0 Å². The van der Waals surface area contributed by atoms with Gasteiger partial charge in [-0.3, -0.25) is 4.79 Å². The summed E-state index contributed by atoms with van der Waals surface area (Å²) in [7, 11) is 1.30. The number of benzene rings is 1. The number of anilines is 1. The van der Waals surface area contributed by atoms with E-state index in [0.717, 1.165) is 11.3 Å². The van der Waals surface area contributed by atoms with Gasteiger partial charge >= 0.3 is 11.9 Å². The molecule has 7 heteroatoms. The molecule has 1 amide bonds. The Balaban J connectivity index is 2.19. The fraction of sp³-hybridized carbons (Fsp3) is 0.350. The maximum atomic E-state index is 12.5. The second-order valence-corrected chi connectivity index (χ2v) is 6.16. The maximum absolute atomic E-state index is 12.5. The number of aromatic nitrogens is 1. The smallest absolute Gasteiger partial charge is 0.339 e. The highest BCUT2D eigenvalue weighted by Crippen LogP contribution is 2.19. The zero-order chi connectivity index (χ0) is 20.1. The lowest BCUT2D eigenvalue weighted by Crippen LogP contribution is -2.21. The molecule has 1 aromatic carbocycles. The van der Waals surface area contributed by atoms with Gasteiger partial charge < -0.3 is 19.4 Å². The lowest BCUT2D eigenvalue weighted by molar-refractivity contribution is -0.116.